The zero-order valence-corrected chi connectivity index (χ0v) is 20.6. The number of amides is 2. The van der Waals surface area contributed by atoms with Crippen LogP contribution in [0, 0.1) is 5.41 Å². The number of carboxylic acids is 1. The molecule has 3 unspecified atom stereocenters. The lowest BCUT2D eigenvalue weighted by atomic mass is 9.89. The highest BCUT2D eigenvalue weighted by atomic mass is 32.2. The third-order valence-electron chi connectivity index (χ3n) is 5.58. The van der Waals surface area contributed by atoms with Crippen molar-refractivity contribution in [3.8, 4) is 5.75 Å². The van der Waals surface area contributed by atoms with E-state index in [-0.39, 0.29) is 40.5 Å². The SMILES string of the molecule is O=C(NC1C(=O)N2CC(CSc3nnc(CS(=O)(=O)O)o3)(C(=O)O)CS[C@H]12)C(O)c1ccc(O)cc1. The van der Waals surface area contributed by atoms with Crippen molar-refractivity contribution in [2.24, 2.45) is 5.41 Å². The molecule has 3 heterocycles. The Morgan fingerprint density at radius 1 is 1.31 bits per heavy atom. The van der Waals surface area contributed by atoms with Crippen LogP contribution < -0.4 is 5.32 Å². The maximum Gasteiger partial charge on any atom is 0.313 e. The average Bonchev–Trinajstić information content (AvgIpc) is 3.26. The van der Waals surface area contributed by atoms with Crippen LogP contribution in [0.4, 0.5) is 0 Å². The first-order valence-corrected chi connectivity index (χ1v) is 13.9. The van der Waals surface area contributed by atoms with Gasteiger partial charge in [0.25, 0.3) is 21.2 Å². The van der Waals surface area contributed by atoms with Crippen LogP contribution in [0.2, 0.25) is 0 Å². The predicted molar refractivity (Wildman–Crippen MR) is 123 cm³/mol. The number of hydrogen-bond acceptors (Lipinski definition) is 12. The number of aromatic hydroxyl groups is 1. The Bertz CT molecular complexity index is 1280. The number of rotatable bonds is 9. The number of aliphatic carboxylic acids is 1. The van der Waals surface area contributed by atoms with Crippen molar-refractivity contribution < 1.29 is 47.1 Å². The van der Waals surface area contributed by atoms with Crippen LogP contribution in [-0.4, -0.2) is 90.6 Å². The van der Waals surface area contributed by atoms with Crippen molar-refractivity contribution in [2.75, 3.05) is 18.1 Å². The van der Waals surface area contributed by atoms with Crippen LogP contribution in [0.3, 0.4) is 0 Å². The lowest BCUT2D eigenvalue weighted by Crippen LogP contribution is -2.74. The number of fused-ring (bicyclic) bond motifs is 1. The monoisotopic (exact) mass is 560 g/mol. The predicted octanol–water partition coefficient (Wildman–Crippen LogP) is -0.540. The fourth-order valence-corrected chi connectivity index (χ4v) is 6.73. The normalized spacial score (nSPS) is 24.5. The summed E-state index contributed by atoms with van der Waals surface area (Å²) in [6.07, 6.45) is -1.56. The summed E-state index contributed by atoms with van der Waals surface area (Å²) in [5.41, 5.74) is -1.16. The number of phenols is 1. The Morgan fingerprint density at radius 3 is 2.64 bits per heavy atom. The molecule has 36 heavy (non-hydrogen) atoms. The summed E-state index contributed by atoms with van der Waals surface area (Å²) in [6, 6.07) is 4.43. The highest BCUT2D eigenvalue weighted by Crippen LogP contribution is 2.44. The zero-order valence-electron chi connectivity index (χ0n) is 18.2. The Labute approximate surface area is 212 Å². The van der Waals surface area contributed by atoms with Crippen molar-refractivity contribution in [2.45, 2.75) is 28.5 Å². The van der Waals surface area contributed by atoms with Crippen molar-refractivity contribution >= 4 is 51.4 Å². The van der Waals surface area contributed by atoms with Gasteiger partial charge in [-0.1, -0.05) is 23.9 Å². The van der Waals surface area contributed by atoms with E-state index in [9.17, 15) is 38.1 Å². The maximum atomic E-state index is 12.7. The first kappa shape index (κ1) is 26.2. The molecule has 1 aromatic carbocycles. The third-order valence-corrected chi connectivity index (χ3v) is 8.89. The first-order valence-electron chi connectivity index (χ1n) is 10.2. The molecule has 0 spiro atoms. The van der Waals surface area contributed by atoms with Crippen LogP contribution in [0.1, 0.15) is 17.6 Å². The van der Waals surface area contributed by atoms with Gasteiger partial charge in [-0.15, -0.1) is 22.0 Å². The summed E-state index contributed by atoms with van der Waals surface area (Å²) in [5, 5.41) is 38.5. The molecule has 194 valence electrons. The largest absolute Gasteiger partial charge is 0.508 e. The molecule has 0 radical (unpaired) electrons. The number of nitrogens with one attached hydrogen (secondary N) is 1. The van der Waals surface area contributed by atoms with Gasteiger partial charge in [0.1, 0.15) is 22.6 Å². The van der Waals surface area contributed by atoms with Gasteiger partial charge in [-0.2, -0.15) is 8.42 Å². The van der Waals surface area contributed by atoms with Crippen molar-refractivity contribution in [3.05, 3.63) is 35.7 Å². The van der Waals surface area contributed by atoms with E-state index < -0.39 is 56.6 Å². The third kappa shape index (κ3) is 5.44. The number of nitrogens with zero attached hydrogens (tertiary/aromatic N) is 3. The second-order valence-electron chi connectivity index (χ2n) is 8.21. The number of carboxylic acid groups (broad SMARTS) is 1. The number of hydrogen-bond donors (Lipinski definition) is 5. The molecule has 2 amide bonds. The fraction of sp³-hybridized carbons (Fsp3) is 0.421. The molecule has 2 aromatic rings. The van der Waals surface area contributed by atoms with E-state index in [2.05, 4.69) is 15.5 Å². The number of benzene rings is 1. The summed E-state index contributed by atoms with van der Waals surface area (Å²) >= 11 is 2.04. The smallest absolute Gasteiger partial charge is 0.313 e. The molecule has 2 aliphatic heterocycles. The lowest BCUT2D eigenvalue weighted by molar-refractivity contribution is -0.158. The van der Waals surface area contributed by atoms with Gasteiger partial charge in [0.05, 0.1) is 0 Å². The molecule has 4 rings (SSSR count). The lowest BCUT2D eigenvalue weighted by Gasteiger charge is -2.53. The van der Waals surface area contributed by atoms with E-state index in [0.29, 0.717) is 0 Å². The number of phenolic OH excluding ortho intramolecular Hbond substituents is 1. The molecular weight excluding hydrogens is 540 g/mol. The van der Waals surface area contributed by atoms with Crippen LogP contribution in [0.5, 0.6) is 5.75 Å². The molecule has 17 heteroatoms. The molecule has 2 saturated heterocycles. The summed E-state index contributed by atoms with van der Waals surface area (Å²) in [6.45, 7) is -0.148. The minimum absolute atomic E-state index is 0.0347. The maximum absolute atomic E-state index is 12.7. The molecule has 2 aliphatic rings. The van der Waals surface area contributed by atoms with Crippen LogP contribution in [0.25, 0.3) is 0 Å². The van der Waals surface area contributed by atoms with Gasteiger partial charge in [0, 0.05) is 18.1 Å². The first-order chi connectivity index (χ1) is 16.9. The van der Waals surface area contributed by atoms with Gasteiger partial charge in [0.2, 0.25) is 11.8 Å². The van der Waals surface area contributed by atoms with Gasteiger partial charge in [0.15, 0.2) is 11.9 Å². The minimum atomic E-state index is -4.38. The van der Waals surface area contributed by atoms with Gasteiger partial charge in [-0.25, -0.2) is 0 Å². The molecule has 5 N–H and O–H groups in total. The topological polar surface area (TPSA) is 220 Å². The van der Waals surface area contributed by atoms with Crippen LogP contribution in [-0.2, 0) is 30.3 Å². The van der Waals surface area contributed by atoms with Crippen LogP contribution >= 0.6 is 23.5 Å². The van der Waals surface area contributed by atoms with Crippen molar-refractivity contribution in [1.29, 1.82) is 0 Å². The summed E-state index contributed by atoms with van der Waals surface area (Å²) < 4.78 is 35.8. The zero-order chi connectivity index (χ0) is 26.3. The van der Waals surface area contributed by atoms with E-state index in [1.165, 1.54) is 29.2 Å². The number of thioether (sulfide) groups is 2. The fourth-order valence-electron chi connectivity index (χ4n) is 3.66. The van der Waals surface area contributed by atoms with E-state index in [4.69, 9.17) is 8.97 Å². The van der Waals surface area contributed by atoms with Crippen LogP contribution in [0.15, 0.2) is 33.9 Å². The molecule has 1 aromatic heterocycles. The highest BCUT2D eigenvalue weighted by molar-refractivity contribution is 8.00. The number of aliphatic hydroxyl groups is 1. The van der Waals surface area contributed by atoms with E-state index in [0.717, 1.165) is 23.5 Å². The van der Waals surface area contributed by atoms with E-state index >= 15 is 0 Å². The van der Waals surface area contributed by atoms with E-state index in [1.807, 2.05) is 0 Å². The molecule has 4 atom stereocenters. The Hall–Kier alpha value is -2.86. The summed E-state index contributed by atoms with van der Waals surface area (Å²) in [7, 11) is -4.38. The molecule has 0 aliphatic carbocycles. The quantitative estimate of drug-likeness (QED) is 0.148. The minimum Gasteiger partial charge on any atom is -0.508 e. The number of carbonyl (C=O) groups is 3. The van der Waals surface area contributed by atoms with Crippen molar-refractivity contribution in [3.63, 3.8) is 0 Å². The number of aliphatic hydroxyl groups excluding tert-OH is 1. The van der Waals surface area contributed by atoms with Gasteiger partial charge in [-0.05, 0) is 17.7 Å². The molecular formula is C19H20N4O10S3. The summed E-state index contributed by atoms with van der Waals surface area (Å²) in [5.74, 6) is -3.72. The number of aromatic nitrogens is 2. The van der Waals surface area contributed by atoms with Gasteiger partial charge in [-0.3, -0.25) is 18.9 Å². The summed E-state index contributed by atoms with van der Waals surface area (Å²) in [4.78, 5) is 38.6. The molecule has 0 bridgehead atoms. The molecule has 2 fully saturated rings. The Balaban J connectivity index is 1.37. The second-order valence-corrected chi connectivity index (χ2v) is 11.7. The van der Waals surface area contributed by atoms with Gasteiger partial charge >= 0.3 is 5.97 Å². The van der Waals surface area contributed by atoms with Crippen molar-refractivity contribution in [1.82, 2.24) is 20.4 Å². The average molecular weight is 561 g/mol. The Kier molecular flexibility index (Phi) is 7.20. The van der Waals surface area contributed by atoms with E-state index in [1.54, 1.807) is 0 Å². The molecule has 0 saturated carbocycles. The Morgan fingerprint density at radius 2 is 2.00 bits per heavy atom. The standard InChI is InChI=1S/C19H20N4O10S3/c24-10-3-1-9(2-4-10)13(25)14(26)20-12-15(27)23-6-19(17(28)29,7-34-16(12)23)8-35-18-22-21-11(33-18)5-36(30,31)32/h1-4,12-13,16,24-25H,5-8H2,(H,20,26)(H,28,29)(H,30,31,32)/t12?,13?,16-,19?/m1/s1. The molecule has 14 nitrogen and oxygen atoms in total. The highest BCUT2D eigenvalue weighted by Gasteiger charge is 2.57. The second kappa shape index (κ2) is 9.89. The van der Waals surface area contributed by atoms with Gasteiger partial charge < -0.3 is 30.0 Å². The number of β-lactam (4-membered cyclic amide) rings is 1. The number of carbonyl (C=O) groups excluding carboxylic acids is 2.